The van der Waals surface area contributed by atoms with E-state index in [1.54, 1.807) is 7.11 Å². The molecule has 2 aliphatic rings. The van der Waals surface area contributed by atoms with Gasteiger partial charge < -0.3 is 9.64 Å². The van der Waals surface area contributed by atoms with E-state index in [4.69, 9.17) is 4.74 Å². The molecule has 5 nitrogen and oxygen atoms in total. The number of ether oxygens (including phenoxy) is 1. The Morgan fingerprint density at radius 2 is 2.04 bits per heavy atom. The maximum Gasteiger partial charge on any atom is 0.244 e. The second-order valence-corrected chi connectivity index (χ2v) is 6.30. The summed E-state index contributed by atoms with van der Waals surface area (Å²) in [4.78, 5) is 21.6. The van der Waals surface area contributed by atoms with Gasteiger partial charge in [-0.15, -0.1) is 0 Å². The van der Waals surface area contributed by atoms with Crippen molar-refractivity contribution >= 4 is 11.6 Å². The number of nitrogens with zero attached hydrogens (tertiary/aromatic N) is 3. The summed E-state index contributed by atoms with van der Waals surface area (Å²) in [5, 5.41) is 0. The third-order valence-corrected chi connectivity index (χ3v) is 4.99. The first kappa shape index (κ1) is 15.1. The number of hydrogen-bond acceptors (Lipinski definition) is 4. The first-order chi connectivity index (χ1) is 11.8. The van der Waals surface area contributed by atoms with Gasteiger partial charge >= 0.3 is 0 Å². The van der Waals surface area contributed by atoms with Crippen molar-refractivity contribution in [1.82, 2.24) is 9.88 Å². The Hall–Kier alpha value is -2.40. The lowest BCUT2D eigenvalue weighted by atomic mass is 10.0. The molecule has 0 N–H and O–H groups in total. The van der Waals surface area contributed by atoms with Crippen LogP contribution in [0.25, 0.3) is 0 Å². The number of amides is 1. The highest BCUT2D eigenvalue weighted by molar-refractivity contribution is 6.00. The number of benzene rings is 1. The monoisotopic (exact) mass is 323 g/mol. The lowest BCUT2D eigenvalue weighted by Gasteiger charge is -2.32. The first-order valence-electron chi connectivity index (χ1n) is 8.39. The Kier molecular flexibility index (Phi) is 3.94. The number of para-hydroxylation sites is 2. The van der Waals surface area contributed by atoms with Gasteiger partial charge in [-0.1, -0.05) is 18.2 Å². The van der Waals surface area contributed by atoms with Gasteiger partial charge in [-0.05, 0) is 30.2 Å². The van der Waals surface area contributed by atoms with E-state index in [9.17, 15) is 4.79 Å². The van der Waals surface area contributed by atoms with E-state index in [0.717, 1.165) is 43.9 Å². The summed E-state index contributed by atoms with van der Waals surface area (Å²) in [6.45, 7) is 2.43. The van der Waals surface area contributed by atoms with Crippen LogP contribution >= 0.6 is 0 Å². The van der Waals surface area contributed by atoms with Gasteiger partial charge in [0.25, 0.3) is 0 Å². The molecule has 0 saturated carbocycles. The van der Waals surface area contributed by atoms with E-state index in [0.29, 0.717) is 0 Å². The summed E-state index contributed by atoms with van der Waals surface area (Å²) in [7, 11) is 1.64. The zero-order valence-electron chi connectivity index (χ0n) is 13.8. The summed E-state index contributed by atoms with van der Waals surface area (Å²) in [6, 6.07) is 11.8. The number of methoxy groups -OCH3 is 1. The van der Waals surface area contributed by atoms with Crippen LogP contribution < -0.4 is 9.64 Å². The normalized spacial score (nSPS) is 21.0. The fourth-order valence-corrected chi connectivity index (χ4v) is 3.75. The van der Waals surface area contributed by atoms with E-state index in [1.165, 1.54) is 11.3 Å². The van der Waals surface area contributed by atoms with Crippen LogP contribution in [0.15, 0.2) is 42.6 Å². The van der Waals surface area contributed by atoms with Crippen LogP contribution in [0, 0.1) is 0 Å². The average Bonchev–Trinajstić information content (AvgIpc) is 3.02. The van der Waals surface area contributed by atoms with E-state index in [-0.39, 0.29) is 11.9 Å². The SMILES string of the molecule is COc1ccccc1N1CCC(N2CCc3ncccc3C2)C1=O. The van der Waals surface area contributed by atoms with Gasteiger partial charge in [0.05, 0.1) is 18.8 Å². The average molecular weight is 323 g/mol. The maximum absolute atomic E-state index is 13.0. The second kappa shape index (κ2) is 6.24. The molecule has 2 aliphatic heterocycles. The molecule has 1 fully saturated rings. The minimum Gasteiger partial charge on any atom is -0.495 e. The summed E-state index contributed by atoms with van der Waals surface area (Å²) < 4.78 is 5.42. The molecule has 1 aromatic heterocycles. The third kappa shape index (κ3) is 2.55. The number of rotatable bonds is 3. The topological polar surface area (TPSA) is 45.7 Å². The van der Waals surface area contributed by atoms with E-state index in [1.807, 2.05) is 41.4 Å². The highest BCUT2D eigenvalue weighted by atomic mass is 16.5. The Morgan fingerprint density at radius 1 is 1.17 bits per heavy atom. The molecule has 1 amide bonds. The summed E-state index contributed by atoms with van der Waals surface area (Å²) in [6.07, 6.45) is 3.61. The molecule has 4 rings (SSSR count). The van der Waals surface area contributed by atoms with Crippen LogP contribution in [0.1, 0.15) is 17.7 Å². The van der Waals surface area contributed by atoms with E-state index in [2.05, 4.69) is 16.0 Å². The Labute approximate surface area is 141 Å². The van der Waals surface area contributed by atoms with E-state index >= 15 is 0 Å². The second-order valence-electron chi connectivity index (χ2n) is 6.30. The van der Waals surface area contributed by atoms with Crippen molar-refractivity contribution < 1.29 is 9.53 Å². The first-order valence-corrected chi connectivity index (χ1v) is 8.39. The van der Waals surface area contributed by atoms with Gasteiger partial charge in [0.1, 0.15) is 5.75 Å². The molecule has 0 spiro atoms. The molecule has 3 heterocycles. The molecule has 1 unspecified atom stereocenters. The van der Waals surface area contributed by atoms with Crippen molar-refractivity contribution in [3.63, 3.8) is 0 Å². The summed E-state index contributed by atoms with van der Waals surface area (Å²) >= 11 is 0. The van der Waals surface area contributed by atoms with Gasteiger partial charge in [-0.2, -0.15) is 0 Å². The zero-order valence-corrected chi connectivity index (χ0v) is 13.8. The Balaban J connectivity index is 1.54. The molecule has 1 aromatic carbocycles. The lowest BCUT2D eigenvalue weighted by Crippen LogP contribution is -2.44. The van der Waals surface area contributed by atoms with Crippen molar-refractivity contribution in [1.29, 1.82) is 0 Å². The van der Waals surface area contributed by atoms with Crippen LogP contribution in [0.5, 0.6) is 5.75 Å². The van der Waals surface area contributed by atoms with Gasteiger partial charge in [0.15, 0.2) is 0 Å². The Morgan fingerprint density at radius 3 is 2.92 bits per heavy atom. The molecule has 1 saturated heterocycles. The fourth-order valence-electron chi connectivity index (χ4n) is 3.75. The number of carbonyl (C=O) groups is 1. The van der Waals surface area contributed by atoms with Gasteiger partial charge in [-0.25, -0.2) is 0 Å². The number of carbonyl (C=O) groups excluding carboxylic acids is 1. The van der Waals surface area contributed by atoms with E-state index < -0.39 is 0 Å². The number of pyridine rings is 1. The van der Waals surface area contributed by atoms with Gasteiger partial charge in [0, 0.05) is 37.9 Å². The zero-order chi connectivity index (χ0) is 16.5. The lowest BCUT2D eigenvalue weighted by molar-refractivity contribution is -0.122. The maximum atomic E-state index is 13.0. The number of aromatic nitrogens is 1. The molecule has 1 atom stereocenters. The number of hydrogen-bond donors (Lipinski definition) is 0. The molecule has 24 heavy (non-hydrogen) atoms. The minimum atomic E-state index is -0.0525. The molecule has 5 heteroatoms. The third-order valence-electron chi connectivity index (χ3n) is 4.99. The van der Waals surface area contributed by atoms with Crippen molar-refractivity contribution in [2.24, 2.45) is 0 Å². The summed E-state index contributed by atoms with van der Waals surface area (Å²) in [5.74, 6) is 0.923. The van der Waals surface area contributed by atoms with Crippen molar-refractivity contribution in [3.8, 4) is 5.75 Å². The largest absolute Gasteiger partial charge is 0.495 e. The summed E-state index contributed by atoms with van der Waals surface area (Å²) in [5.41, 5.74) is 3.28. The Bertz CT molecular complexity index is 762. The number of fused-ring (bicyclic) bond motifs is 1. The quantitative estimate of drug-likeness (QED) is 0.869. The van der Waals surface area contributed by atoms with Crippen LogP contribution in [-0.2, 0) is 17.8 Å². The minimum absolute atomic E-state index is 0.0525. The molecule has 124 valence electrons. The van der Waals surface area contributed by atoms with Crippen LogP contribution in [0.2, 0.25) is 0 Å². The van der Waals surface area contributed by atoms with Crippen molar-refractivity contribution in [3.05, 3.63) is 53.9 Å². The molecule has 2 aromatic rings. The highest BCUT2D eigenvalue weighted by Gasteiger charge is 2.38. The smallest absolute Gasteiger partial charge is 0.244 e. The predicted octanol–water partition coefficient (Wildman–Crippen LogP) is 2.25. The standard InChI is InChI=1S/C19H21N3O2/c1-24-18-7-3-2-6-16(18)22-12-9-17(19(22)23)21-11-8-15-14(13-21)5-4-10-20-15/h2-7,10,17H,8-9,11-13H2,1H3. The molecule has 0 aliphatic carbocycles. The predicted molar refractivity (Wildman–Crippen MR) is 92.1 cm³/mol. The molecular weight excluding hydrogens is 302 g/mol. The van der Waals surface area contributed by atoms with Crippen LogP contribution in [0.4, 0.5) is 5.69 Å². The number of anilines is 1. The molecular formula is C19H21N3O2. The fraction of sp³-hybridized carbons (Fsp3) is 0.368. The van der Waals surface area contributed by atoms with Gasteiger partial charge in [-0.3, -0.25) is 14.7 Å². The highest BCUT2D eigenvalue weighted by Crippen LogP contribution is 2.33. The van der Waals surface area contributed by atoms with Crippen LogP contribution in [0.3, 0.4) is 0 Å². The van der Waals surface area contributed by atoms with Gasteiger partial charge in [0.2, 0.25) is 5.91 Å². The molecule has 0 radical (unpaired) electrons. The van der Waals surface area contributed by atoms with Crippen molar-refractivity contribution in [2.75, 3.05) is 25.1 Å². The van der Waals surface area contributed by atoms with Crippen molar-refractivity contribution in [2.45, 2.75) is 25.4 Å². The van der Waals surface area contributed by atoms with Crippen LogP contribution in [-0.4, -0.2) is 42.0 Å². The molecule has 0 bridgehead atoms.